The molecule has 1 aliphatic rings. The zero-order valence-electron chi connectivity index (χ0n) is 12.1. The van der Waals surface area contributed by atoms with E-state index >= 15 is 0 Å². The summed E-state index contributed by atoms with van der Waals surface area (Å²) >= 11 is 12.0. The lowest BCUT2D eigenvalue weighted by molar-refractivity contribution is 0.257. The van der Waals surface area contributed by atoms with Crippen molar-refractivity contribution in [2.24, 2.45) is 11.8 Å². The van der Waals surface area contributed by atoms with E-state index < -0.39 is 10.0 Å². The van der Waals surface area contributed by atoms with E-state index in [-0.39, 0.29) is 21.0 Å². The minimum absolute atomic E-state index is 0.0457. The molecular formula is C14H20Cl2N2O2S. The molecule has 0 saturated heterocycles. The lowest BCUT2D eigenvalue weighted by Crippen LogP contribution is -2.40. The van der Waals surface area contributed by atoms with Crippen LogP contribution in [0.1, 0.15) is 33.1 Å². The lowest BCUT2D eigenvalue weighted by Gasteiger charge is -2.31. The van der Waals surface area contributed by atoms with E-state index in [0.29, 0.717) is 17.5 Å². The molecule has 1 aliphatic carbocycles. The van der Waals surface area contributed by atoms with E-state index in [0.717, 1.165) is 19.3 Å². The Bertz CT molecular complexity index is 601. The summed E-state index contributed by atoms with van der Waals surface area (Å²) < 4.78 is 27.8. The Labute approximate surface area is 136 Å². The number of benzene rings is 1. The van der Waals surface area contributed by atoms with Gasteiger partial charge >= 0.3 is 0 Å². The van der Waals surface area contributed by atoms with Crippen LogP contribution in [-0.4, -0.2) is 14.5 Å². The number of sulfonamides is 1. The van der Waals surface area contributed by atoms with Crippen LogP contribution in [0.15, 0.2) is 17.0 Å². The number of rotatable bonds is 3. The highest BCUT2D eigenvalue weighted by Gasteiger charge is 2.30. The van der Waals surface area contributed by atoms with E-state index in [1.807, 2.05) is 0 Å². The first-order chi connectivity index (χ1) is 9.69. The second-order valence-corrected chi connectivity index (χ2v) is 8.51. The molecule has 0 aromatic heterocycles. The Morgan fingerprint density at radius 2 is 1.57 bits per heavy atom. The molecule has 7 heteroatoms. The second kappa shape index (κ2) is 6.32. The van der Waals surface area contributed by atoms with Gasteiger partial charge in [0, 0.05) is 11.7 Å². The third-order valence-electron chi connectivity index (χ3n) is 3.79. The van der Waals surface area contributed by atoms with Crippen LogP contribution in [0.4, 0.5) is 5.69 Å². The maximum absolute atomic E-state index is 12.5. The molecule has 1 aromatic carbocycles. The molecule has 0 spiro atoms. The topological polar surface area (TPSA) is 72.2 Å². The average molecular weight is 351 g/mol. The van der Waals surface area contributed by atoms with E-state index in [1.54, 1.807) is 0 Å². The monoisotopic (exact) mass is 350 g/mol. The van der Waals surface area contributed by atoms with Gasteiger partial charge in [0.1, 0.15) is 4.90 Å². The summed E-state index contributed by atoms with van der Waals surface area (Å²) in [5.41, 5.74) is 5.95. The van der Waals surface area contributed by atoms with Gasteiger partial charge in [-0.3, -0.25) is 0 Å². The van der Waals surface area contributed by atoms with E-state index in [4.69, 9.17) is 28.9 Å². The van der Waals surface area contributed by atoms with Crippen molar-refractivity contribution in [2.75, 3.05) is 5.73 Å². The van der Waals surface area contributed by atoms with Gasteiger partial charge in [0.2, 0.25) is 10.0 Å². The number of hydrogen-bond acceptors (Lipinski definition) is 3. The largest absolute Gasteiger partial charge is 0.399 e. The number of nitrogens with two attached hydrogens (primary N) is 1. The zero-order chi connectivity index (χ0) is 15.8. The molecule has 0 amide bonds. The van der Waals surface area contributed by atoms with Crippen molar-refractivity contribution in [3.8, 4) is 0 Å². The van der Waals surface area contributed by atoms with Crippen LogP contribution >= 0.6 is 23.2 Å². The fraction of sp³-hybridized carbons (Fsp3) is 0.571. The molecule has 3 N–H and O–H groups in total. The Morgan fingerprint density at radius 1 is 1.10 bits per heavy atom. The maximum Gasteiger partial charge on any atom is 0.243 e. The van der Waals surface area contributed by atoms with Crippen LogP contribution in [0, 0.1) is 11.8 Å². The highest BCUT2D eigenvalue weighted by Crippen LogP contribution is 2.34. The van der Waals surface area contributed by atoms with Crippen LogP contribution in [-0.2, 0) is 10.0 Å². The first-order valence-corrected chi connectivity index (χ1v) is 9.19. The molecule has 0 aliphatic heterocycles. The van der Waals surface area contributed by atoms with Gasteiger partial charge in [-0.2, -0.15) is 0 Å². The van der Waals surface area contributed by atoms with Crippen LogP contribution < -0.4 is 10.5 Å². The highest BCUT2D eigenvalue weighted by atomic mass is 35.5. The predicted molar refractivity (Wildman–Crippen MR) is 87.2 cm³/mol. The van der Waals surface area contributed by atoms with Gasteiger partial charge in [0.15, 0.2) is 0 Å². The van der Waals surface area contributed by atoms with E-state index in [2.05, 4.69) is 18.6 Å². The first kappa shape index (κ1) is 16.9. The Morgan fingerprint density at radius 3 is 2.05 bits per heavy atom. The molecule has 118 valence electrons. The van der Waals surface area contributed by atoms with E-state index in [1.165, 1.54) is 12.1 Å². The summed E-state index contributed by atoms with van der Waals surface area (Å²) in [5.74, 6) is 0.998. The molecule has 2 rings (SSSR count). The summed E-state index contributed by atoms with van der Waals surface area (Å²) in [6, 6.07) is 2.71. The SMILES string of the molecule is CC1CC(C)CC(NS(=O)(=O)c2c(Cl)cc(N)cc2Cl)C1. The van der Waals surface area contributed by atoms with Gasteiger partial charge in [-0.1, -0.05) is 37.0 Å². The third kappa shape index (κ3) is 4.03. The molecular weight excluding hydrogens is 331 g/mol. The molecule has 1 aromatic rings. The van der Waals surface area contributed by atoms with Crippen LogP contribution in [0.5, 0.6) is 0 Å². The number of anilines is 1. The molecule has 2 atom stereocenters. The Hall–Kier alpha value is -0.490. The molecule has 21 heavy (non-hydrogen) atoms. The summed E-state index contributed by atoms with van der Waals surface area (Å²) in [4.78, 5) is -0.0917. The van der Waals surface area contributed by atoms with Gasteiger partial charge in [-0.05, 0) is 43.2 Å². The number of halogens is 2. The fourth-order valence-electron chi connectivity index (χ4n) is 3.16. The van der Waals surface area contributed by atoms with Gasteiger partial charge in [0.25, 0.3) is 0 Å². The molecule has 0 bridgehead atoms. The van der Waals surface area contributed by atoms with Gasteiger partial charge < -0.3 is 5.73 Å². The standard InChI is InChI=1S/C14H20Cl2N2O2S/c1-8-3-9(2)5-11(4-8)18-21(19,20)14-12(15)6-10(17)7-13(14)16/h6-9,11,18H,3-5,17H2,1-2H3. The second-order valence-electron chi connectivity index (χ2n) is 6.05. The van der Waals surface area contributed by atoms with Crippen molar-refractivity contribution in [3.05, 3.63) is 22.2 Å². The predicted octanol–water partition coefficient (Wildman–Crippen LogP) is 3.68. The normalized spacial score (nSPS) is 26.8. The quantitative estimate of drug-likeness (QED) is 0.816. The van der Waals surface area contributed by atoms with Crippen LogP contribution in [0.2, 0.25) is 10.0 Å². The van der Waals surface area contributed by atoms with E-state index in [9.17, 15) is 8.42 Å². The maximum atomic E-state index is 12.5. The minimum atomic E-state index is -3.75. The summed E-state index contributed by atoms with van der Waals surface area (Å²) in [5, 5.41) is 0.0915. The fourth-order valence-corrected chi connectivity index (χ4v) is 5.65. The van der Waals surface area contributed by atoms with Crippen molar-refractivity contribution >= 4 is 38.9 Å². The Balaban J connectivity index is 2.27. The van der Waals surface area contributed by atoms with Gasteiger partial charge in [-0.15, -0.1) is 0 Å². The number of hydrogen-bond donors (Lipinski definition) is 2. The van der Waals surface area contributed by atoms with Crippen LogP contribution in [0.3, 0.4) is 0 Å². The molecule has 0 radical (unpaired) electrons. The molecule has 0 heterocycles. The van der Waals surface area contributed by atoms with Crippen molar-refractivity contribution in [1.29, 1.82) is 0 Å². The molecule has 2 unspecified atom stereocenters. The lowest BCUT2D eigenvalue weighted by atomic mass is 9.81. The molecule has 1 fully saturated rings. The smallest absolute Gasteiger partial charge is 0.243 e. The van der Waals surface area contributed by atoms with Crippen molar-refractivity contribution in [3.63, 3.8) is 0 Å². The first-order valence-electron chi connectivity index (χ1n) is 6.96. The number of nitrogen functional groups attached to an aromatic ring is 1. The summed E-state index contributed by atoms with van der Waals surface area (Å²) in [7, 11) is -3.75. The summed E-state index contributed by atoms with van der Waals surface area (Å²) in [6.07, 6.45) is 2.78. The van der Waals surface area contributed by atoms with Gasteiger partial charge in [0.05, 0.1) is 10.0 Å². The van der Waals surface area contributed by atoms with Crippen molar-refractivity contribution in [1.82, 2.24) is 4.72 Å². The minimum Gasteiger partial charge on any atom is -0.399 e. The number of nitrogens with one attached hydrogen (secondary N) is 1. The average Bonchev–Trinajstić information content (AvgIpc) is 2.23. The highest BCUT2D eigenvalue weighted by molar-refractivity contribution is 7.89. The van der Waals surface area contributed by atoms with Gasteiger partial charge in [-0.25, -0.2) is 13.1 Å². The molecule has 4 nitrogen and oxygen atoms in total. The zero-order valence-corrected chi connectivity index (χ0v) is 14.4. The molecule has 1 saturated carbocycles. The third-order valence-corrected chi connectivity index (χ3v) is 6.23. The van der Waals surface area contributed by atoms with Crippen LogP contribution in [0.25, 0.3) is 0 Å². The Kier molecular flexibility index (Phi) is 5.08. The summed E-state index contributed by atoms with van der Waals surface area (Å²) in [6.45, 7) is 4.28. The van der Waals surface area contributed by atoms with Crippen molar-refractivity contribution < 1.29 is 8.42 Å². The van der Waals surface area contributed by atoms with Crippen molar-refractivity contribution in [2.45, 2.75) is 44.0 Å².